The Morgan fingerprint density at radius 2 is 2.12 bits per heavy atom. The van der Waals surface area contributed by atoms with Gasteiger partial charge in [-0.15, -0.1) is 11.3 Å². The molecule has 9 heteroatoms. The fraction of sp³-hybridized carbons (Fsp3) is 0.0667. The molecular formula is C15H12N4O4S. The number of pyridine rings is 1. The minimum Gasteiger partial charge on any atom is -0.504 e. The normalized spacial score (nSPS) is 10.3. The fourth-order valence-electron chi connectivity index (χ4n) is 1.85. The predicted molar refractivity (Wildman–Crippen MR) is 87.0 cm³/mol. The Balaban J connectivity index is 1.58. The molecule has 3 aromatic rings. The van der Waals surface area contributed by atoms with Crippen molar-refractivity contribution in [3.63, 3.8) is 0 Å². The second-order valence-electron chi connectivity index (χ2n) is 4.67. The molecule has 0 atom stereocenters. The molecule has 24 heavy (non-hydrogen) atoms. The van der Waals surface area contributed by atoms with E-state index < -0.39 is 5.91 Å². The maximum Gasteiger partial charge on any atom is 0.293 e. The highest BCUT2D eigenvalue weighted by molar-refractivity contribution is 7.14. The second-order valence-corrected chi connectivity index (χ2v) is 5.53. The number of nitrogens with zero attached hydrogens (tertiary/aromatic N) is 2. The molecule has 0 saturated carbocycles. The molecule has 3 rings (SSSR count). The lowest BCUT2D eigenvalue weighted by Gasteiger charge is -2.04. The second kappa shape index (κ2) is 6.92. The zero-order valence-electron chi connectivity index (χ0n) is 12.2. The van der Waals surface area contributed by atoms with Gasteiger partial charge in [0, 0.05) is 11.6 Å². The van der Waals surface area contributed by atoms with Gasteiger partial charge in [-0.3, -0.25) is 14.9 Å². The van der Waals surface area contributed by atoms with Gasteiger partial charge in [0.1, 0.15) is 0 Å². The third-order valence-corrected chi connectivity index (χ3v) is 3.71. The lowest BCUT2D eigenvalue weighted by Crippen LogP contribution is -2.16. The van der Waals surface area contributed by atoms with Crippen LogP contribution in [-0.2, 0) is 11.2 Å². The molecule has 0 aliphatic carbocycles. The number of furan rings is 1. The Kier molecular flexibility index (Phi) is 4.52. The molecule has 0 saturated heterocycles. The Morgan fingerprint density at radius 1 is 1.25 bits per heavy atom. The van der Waals surface area contributed by atoms with Gasteiger partial charge in [0.05, 0.1) is 18.4 Å². The van der Waals surface area contributed by atoms with Gasteiger partial charge >= 0.3 is 0 Å². The van der Waals surface area contributed by atoms with Crippen LogP contribution in [0, 0.1) is 0 Å². The molecule has 8 nitrogen and oxygen atoms in total. The van der Waals surface area contributed by atoms with Gasteiger partial charge in [-0.05, 0) is 24.3 Å². The first-order chi connectivity index (χ1) is 11.6. The van der Waals surface area contributed by atoms with Crippen LogP contribution in [0.5, 0.6) is 5.75 Å². The summed E-state index contributed by atoms with van der Waals surface area (Å²) >= 11 is 1.20. The fourth-order valence-corrected chi connectivity index (χ4v) is 2.55. The zero-order chi connectivity index (χ0) is 16.9. The van der Waals surface area contributed by atoms with Crippen LogP contribution in [0.1, 0.15) is 16.2 Å². The molecule has 0 aromatic carbocycles. The highest BCUT2D eigenvalue weighted by Gasteiger charge is 2.13. The summed E-state index contributed by atoms with van der Waals surface area (Å²) in [6.07, 6.45) is 2.85. The van der Waals surface area contributed by atoms with Gasteiger partial charge < -0.3 is 14.8 Å². The topological polar surface area (TPSA) is 117 Å². The standard InChI is InChI=1S/C15H12N4O4S/c20-10-3-1-5-16-13(10)18-12(21)7-9-8-24-15(17-9)19-14(22)11-4-2-6-23-11/h1-6,8,20H,7H2,(H,16,18,21)(H,17,19,22). The van der Waals surface area contributed by atoms with Gasteiger partial charge in [0.15, 0.2) is 22.5 Å². The van der Waals surface area contributed by atoms with Gasteiger partial charge in [0.2, 0.25) is 5.91 Å². The van der Waals surface area contributed by atoms with Crippen LogP contribution in [0.25, 0.3) is 0 Å². The molecular weight excluding hydrogens is 332 g/mol. The quantitative estimate of drug-likeness (QED) is 0.653. The SMILES string of the molecule is O=C(Cc1csc(NC(=O)c2ccco2)n1)Nc1ncccc1O. The highest BCUT2D eigenvalue weighted by atomic mass is 32.1. The largest absolute Gasteiger partial charge is 0.504 e. The first kappa shape index (κ1) is 15.7. The van der Waals surface area contributed by atoms with Crippen molar-refractivity contribution in [3.8, 4) is 5.75 Å². The third kappa shape index (κ3) is 3.76. The minimum absolute atomic E-state index is 0.0108. The van der Waals surface area contributed by atoms with Gasteiger partial charge in [-0.25, -0.2) is 9.97 Å². The van der Waals surface area contributed by atoms with E-state index in [9.17, 15) is 14.7 Å². The van der Waals surface area contributed by atoms with E-state index in [0.29, 0.717) is 10.8 Å². The summed E-state index contributed by atoms with van der Waals surface area (Å²) in [7, 11) is 0. The molecule has 0 fully saturated rings. The van der Waals surface area contributed by atoms with Crippen LogP contribution in [0.3, 0.4) is 0 Å². The Bertz CT molecular complexity index is 860. The van der Waals surface area contributed by atoms with E-state index in [1.54, 1.807) is 17.5 Å². The van der Waals surface area contributed by atoms with Crippen LogP contribution >= 0.6 is 11.3 Å². The summed E-state index contributed by atoms with van der Waals surface area (Å²) in [6.45, 7) is 0. The van der Waals surface area contributed by atoms with Gasteiger partial charge in [-0.2, -0.15) is 0 Å². The zero-order valence-corrected chi connectivity index (χ0v) is 13.0. The van der Waals surface area contributed by atoms with Crippen molar-refractivity contribution in [2.45, 2.75) is 6.42 Å². The number of thiazole rings is 1. The van der Waals surface area contributed by atoms with Crippen LogP contribution in [-0.4, -0.2) is 26.9 Å². The number of hydrogen-bond donors (Lipinski definition) is 3. The first-order valence-corrected chi connectivity index (χ1v) is 7.73. The number of nitrogens with one attached hydrogen (secondary N) is 2. The van der Waals surface area contributed by atoms with Crippen molar-refractivity contribution in [2.24, 2.45) is 0 Å². The van der Waals surface area contributed by atoms with Crippen molar-refractivity contribution in [3.05, 3.63) is 53.6 Å². The lowest BCUT2D eigenvalue weighted by atomic mass is 10.3. The summed E-state index contributed by atoms with van der Waals surface area (Å²) in [6, 6.07) is 6.13. The van der Waals surface area contributed by atoms with E-state index in [2.05, 4.69) is 20.6 Å². The average molecular weight is 344 g/mol. The molecule has 0 radical (unpaired) electrons. The monoisotopic (exact) mass is 344 g/mol. The third-order valence-electron chi connectivity index (χ3n) is 2.90. The van der Waals surface area contributed by atoms with Crippen molar-refractivity contribution < 1.29 is 19.1 Å². The highest BCUT2D eigenvalue weighted by Crippen LogP contribution is 2.20. The van der Waals surface area contributed by atoms with E-state index in [4.69, 9.17) is 4.42 Å². The summed E-state index contributed by atoms with van der Waals surface area (Å²) in [5.41, 5.74) is 0.489. The van der Waals surface area contributed by atoms with Crippen LogP contribution in [0.4, 0.5) is 10.9 Å². The number of carbonyl (C=O) groups excluding carboxylic acids is 2. The predicted octanol–water partition coefficient (Wildman–Crippen LogP) is 2.27. The van der Waals surface area contributed by atoms with E-state index >= 15 is 0 Å². The van der Waals surface area contributed by atoms with Gasteiger partial charge in [0.25, 0.3) is 5.91 Å². The number of aromatic nitrogens is 2. The first-order valence-electron chi connectivity index (χ1n) is 6.85. The number of amides is 2. The number of aromatic hydroxyl groups is 1. The molecule has 3 N–H and O–H groups in total. The molecule has 2 amide bonds. The smallest absolute Gasteiger partial charge is 0.293 e. The van der Waals surface area contributed by atoms with Crippen molar-refractivity contribution in [2.75, 3.05) is 10.6 Å². The molecule has 0 bridgehead atoms. The Hall–Kier alpha value is -3.20. The number of rotatable bonds is 5. The molecule has 3 aromatic heterocycles. The average Bonchev–Trinajstić information content (AvgIpc) is 3.21. The van der Waals surface area contributed by atoms with Crippen LogP contribution < -0.4 is 10.6 Å². The number of hydrogen-bond acceptors (Lipinski definition) is 7. The van der Waals surface area contributed by atoms with E-state index in [1.807, 2.05) is 0 Å². The summed E-state index contributed by atoms with van der Waals surface area (Å²) in [4.78, 5) is 31.8. The van der Waals surface area contributed by atoms with Crippen molar-refractivity contribution in [1.29, 1.82) is 0 Å². The summed E-state index contributed by atoms with van der Waals surface area (Å²) in [5.74, 6) is -0.642. The maximum absolute atomic E-state index is 12.0. The minimum atomic E-state index is -0.413. The molecule has 3 heterocycles. The van der Waals surface area contributed by atoms with Crippen LogP contribution in [0.15, 0.2) is 46.5 Å². The molecule has 0 spiro atoms. The van der Waals surface area contributed by atoms with E-state index in [-0.39, 0.29) is 29.7 Å². The van der Waals surface area contributed by atoms with Gasteiger partial charge in [-0.1, -0.05) is 0 Å². The van der Waals surface area contributed by atoms with Crippen molar-refractivity contribution >= 4 is 34.1 Å². The Morgan fingerprint density at radius 3 is 2.88 bits per heavy atom. The molecule has 0 aliphatic heterocycles. The number of anilines is 2. The summed E-state index contributed by atoms with van der Waals surface area (Å²) in [5, 5.41) is 16.7. The lowest BCUT2D eigenvalue weighted by molar-refractivity contribution is -0.115. The molecule has 0 unspecified atom stereocenters. The summed E-state index contributed by atoms with van der Waals surface area (Å²) < 4.78 is 4.99. The maximum atomic E-state index is 12.0. The molecule has 122 valence electrons. The van der Waals surface area contributed by atoms with Crippen molar-refractivity contribution in [1.82, 2.24) is 9.97 Å². The number of carbonyl (C=O) groups is 2. The van der Waals surface area contributed by atoms with E-state index in [1.165, 1.54) is 35.9 Å². The Labute approximate surface area is 140 Å². The van der Waals surface area contributed by atoms with E-state index in [0.717, 1.165) is 0 Å². The molecule has 0 aliphatic rings. The van der Waals surface area contributed by atoms with Crippen LogP contribution in [0.2, 0.25) is 0 Å².